The number of nitrogens with one attached hydrogen (secondary N) is 1. The van der Waals surface area contributed by atoms with Gasteiger partial charge in [-0.25, -0.2) is 9.37 Å². The number of aromatic nitrogens is 1. The predicted octanol–water partition coefficient (Wildman–Crippen LogP) is 0.958. The van der Waals surface area contributed by atoms with Crippen LogP contribution in [0.15, 0.2) is 12.3 Å². The van der Waals surface area contributed by atoms with Crippen LogP contribution >= 0.6 is 0 Å². The molecule has 1 unspecified atom stereocenters. The van der Waals surface area contributed by atoms with Crippen molar-refractivity contribution in [3.05, 3.63) is 23.6 Å². The number of pyridine rings is 1. The van der Waals surface area contributed by atoms with E-state index in [1.165, 1.54) is 0 Å². The number of ether oxygens (including phenoxy) is 1. The van der Waals surface area contributed by atoms with Crippen LogP contribution in [-0.2, 0) is 4.74 Å². The molecule has 0 aromatic carbocycles. The zero-order valence-corrected chi connectivity index (χ0v) is 9.87. The minimum absolute atomic E-state index is 0.0165. The van der Waals surface area contributed by atoms with Crippen LogP contribution in [-0.4, -0.2) is 30.6 Å². The van der Waals surface area contributed by atoms with Gasteiger partial charge in [0.1, 0.15) is 11.6 Å². The highest BCUT2D eigenvalue weighted by Gasteiger charge is 2.14. The van der Waals surface area contributed by atoms with Crippen molar-refractivity contribution in [2.45, 2.75) is 19.4 Å². The molecule has 0 aliphatic heterocycles. The number of halogens is 1. The van der Waals surface area contributed by atoms with Crippen molar-refractivity contribution >= 4 is 11.7 Å². The number of anilines is 1. The molecule has 1 aromatic heterocycles. The summed E-state index contributed by atoms with van der Waals surface area (Å²) in [5.74, 6) is -1.00. The number of nitrogens with two attached hydrogens (primary N) is 1. The lowest BCUT2D eigenvalue weighted by Crippen LogP contribution is -2.34. The van der Waals surface area contributed by atoms with Gasteiger partial charge >= 0.3 is 0 Å². The molecule has 94 valence electrons. The Morgan fingerprint density at radius 1 is 1.71 bits per heavy atom. The third-order valence-electron chi connectivity index (χ3n) is 2.26. The summed E-state index contributed by atoms with van der Waals surface area (Å²) >= 11 is 0. The molecule has 1 rings (SSSR count). The van der Waals surface area contributed by atoms with E-state index in [0.29, 0.717) is 13.0 Å². The maximum absolute atomic E-state index is 12.9. The summed E-state index contributed by atoms with van der Waals surface area (Å²) in [5, 5.41) is 2.69. The van der Waals surface area contributed by atoms with Crippen LogP contribution in [0.25, 0.3) is 0 Å². The fourth-order valence-corrected chi connectivity index (χ4v) is 1.30. The first kappa shape index (κ1) is 13.4. The highest BCUT2D eigenvalue weighted by Crippen LogP contribution is 2.10. The van der Waals surface area contributed by atoms with E-state index in [9.17, 15) is 9.18 Å². The Bertz CT molecular complexity index is 398. The minimum Gasteiger partial charge on any atom is -0.385 e. The van der Waals surface area contributed by atoms with E-state index in [2.05, 4.69) is 10.3 Å². The first-order chi connectivity index (χ1) is 8.04. The van der Waals surface area contributed by atoms with Crippen molar-refractivity contribution in [3.63, 3.8) is 0 Å². The molecule has 0 fully saturated rings. The van der Waals surface area contributed by atoms with Gasteiger partial charge < -0.3 is 15.8 Å². The number of rotatable bonds is 5. The minimum atomic E-state index is -0.589. The maximum Gasteiger partial charge on any atom is 0.255 e. The summed E-state index contributed by atoms with van der Waals surface area (Å²) in [6.07, 6.45) is 1.64. The number of carbonyl (C=O) groups excluding carboxylic acids is 1. The number of amides is 1. The molecule has 0 bridgehead atoms. The Hall–Kier alpha value is -1.69. The summed E-state index contributed by atoms with van der Waals surface area (Å²) in [6.45, 7) is 2.37. The number of hydrogen-bond donors (Lipinski definition) is 2. The SMILES string of the molecule is COCCC(C)NC(=O)c1cc(F)cnc1N. The molecule has 1 amide bonds. The van der Waals surface area contributed by atoms with Gasteiger partial charge in [0.15, 0.2) is 0 Å². The normalized spacial score (nSPS) is 12.2. The molecule has 1 atom stereocenters. The van der Waals surface area contributed by atoms with Crippen molar-refractivity contribution in [3.8, 4) is 0 Å². The van der Waals surface area contributed by atoms with Gasteiger partial charge in [0.2, 0.25) is 0 Å². The highest BCUT2D eigenvalue weighted by atomic mass is 19.1. The number of methoxy groups -OCH3 is 1. The molecule has 5 nitrogen and oxygen atoms in total. The Kier molecular flexibility index (Phi) is 4.84. The molecule has 0 spiro atoms. The van der Waals surface area contributed by atoms with E-state index in [4.69, 9.17) is 10.5 Å². The van der Waals surface area contributed by atoms with Crippen LogP contribution in [0.3, 0.4) is 0 Å². The molecule has 6 heteroatoms. The number of carbonyl (C=O) groups is 1. The van der Waals surface area contributed by atoms with E-state index >= 15 is 0 Å². The second-order valence-corrected chi connectivity index (χ2v) is 3.74. The summed E-state index contributed by atoms with van der Waals surface area (Å²) in [7, 11) is 1.59. The second-order valence-electron chi connectivity index (χ2n) is 3.74. The van der Waals surface area contributed by atoms with Gasteiger partial charge in [0.05, 0.1) is 11.8 Å². The molecule has 0 saturated carbocycles. The number of nitrogens with zero attached hydrogens (tertiary/aromatic N) is 1. The fraction of sp³-hybridized carbons (Fsp3) is 0.455. The van der Waals surface area contributed by atoms with Crippen molar-refractivity contribution < 1.29 is 13.9 Å². The molecule has 1 aromatic rings. The highest BCUT2D eigenvalue weighted by molar-refractivity contribution is 5.98. The number of hydrogen-bond acceptors (Lipinski definition) is 4. The topological polar surface area (TPSA) is 77.2 Å². The molecule has 3 N–H and O–H groups in total. The molecule has 0 aliphatic rings. The Morgan fingerprint density at radius 2 is 2.41 bits per heavy atom. The van der Waals surface area contributed by atoms with Crippen LogP contribution in [0.1, 0.15) is 23.7 Å². The van der Waals surface area contributed by atoms with Gasteiger partial charge in [-0.3, -0.25) is 4.79 Å². The van der Waals surface area contributed by atoms with Gasteiger partial charge in [-0.05, 0) is 19.4 Å². The molecule has 0 radical (unpaired) electrons. The van der Waals surface area contributed by atoms with Crippen LogP contribution in [0, 0.1) is 5.82 Å². The van der Waals surface area contributed by atoms with E-state index in [-0.39, 0.29) is 17.4 Å². The molecule has 0 saturated heterocycles. The van der Waals surface area contributed by atoms with Gasteiger partial charge in [-0.2, -0.15) is 0 Å². The smallest absolute Gasteiger partial charge is 0.255 e. The lowest BCUT2D eigenvalue weighted by atomic mass is 10.2. The van der Waals surface area contributed by atoms with Crippen LogP contribution in [0.2, 0.25) is 0 Å². The van der Waals surface area contributed by atoms with Crippen molar-refractivity contribution in [1.29, 1.82) is 0 Å². The molecular weight excluding hydrogens is 225 g/mol. The largest absolute Gasteiger partial charge is 0.385 e. The van der Waals surface area contributed by atoms with E-state index in [1.807, 2.05) is 6.92 Å². The summed E-state index contributed by atoms with van der Waals surface area (Å²) in [4.78, 5) is 15.3. The van der Waals surface area contributed by atoms with Gasteiger partial charge in [0.25, 0.3) is 5.91 Å². The van der Waals surface area contributed by atoms with E-state index in [1.54, 1.807) is 7.11 Å². The third-order valence-corrected chi connectivity index (χ3v) is 2.26. The lowest BCUT2D eigenvalue weighted by molar-refractivity contribution is 0.0929. The Labute approximate surface area is 99.2 Å². The summed E-state index contributed by atoms with van der Waals surface area (Å²) < 4.78 is 17.8. The predicted molar refractivity (Wildman–Crippen MR) is 62.0 cm³/mol. The van der Waals surface area contributed by atoms with Crippen molar-refractivity contribution in [2.75, 3.05) is 19.5 Å². The van der Waals surface area contributed by atoms with Crippen molar-refractivity contribution in [2.24, 2.45) is 0 Å². The average Bonchev–Trinajstić information content (AvgIpc) is 2.29. The fourth-order valence-electron chi connectivity index (χ4n) is 1.30. The van der Waals surface area contributed by atoms with Crippen LogP contribution in [0.4, 0.5) is 10.2 Å². The lowest BCUT2D eigenvalue weighted by Gasteiger charge is -2.13. The second kappa shape index (κ2) is 6.15. The zero-order valence-electron chi connectivity index (χ0n) is 9.87. The maximum atomic E-state index is 12.9. The molecule has 1 heterocycles. The van der Waals surface area contributed by atoms with Crippen LogP contribution < -0.4 is 11.1 Å². The molecule has 17 heavy (non-hydrogen) atoms. The van der Waals surface area contributed by atoms with Crippen LogP contribution in [0.5, 0.6) is 0 Å². The average molecular weight is 241 g/mol. The zero-order chi connectivity index (χ0) is 12.8. The van der Waals surface area contributed by atoms with Gasteiger partial charge in [-0.15, -0.1) is 0 Å². The Balaban J connectivity index is 2.66. The molecule has 0 aliphatic carbocycles. The third kappa shape index (κ3) is 3.99. The standard InChI is InChI=1S/C11H16FN3O2/c1-7(3-4-17-2)15-11(16)9-5-8(12)6-14-10(9)13/h5-7H,3-4H2,1-2H3,(H2,13,14)(H,15,16). The van der Waals surface area contributed by atoms with E-state index < -0.39 is 11.7 Å². The monoisotopic (exact) mass is 241 g/mol. The first-order valence-corrected chi connectivity index (χ1v) is 5.25. The quantitative estimate of drug-likeness (QED) is 0.804. The summed E-state index contributed by atoms with van der Waals surface area (Å²) in [6, 6.07) is 0.992. The van der Waals surface area contributed by atoms with Crippen molar-refractivity contribution in [1.82, 2.24) is 10.3 Å². The Morgan fingerprint density at radius 3 is 3.06 bits per heavy atom. The molecular formula is C11H16FN3O2. The van der Waals surface area contributed by atoms with Gasteiger partial charge in [0, 0.05) is 19.8 Å². The van der Waals surface area contributed by atoms with Gasteiger partial charge in [-0.1, -0.05) is 0 Å². The number of nitrogen functional groups attached to an aromatic ring is 1. The first-order valence-electron chi connectivity index (χ1n) is 5.25. The summed E-state index contributed by atoms with van der Waals surface area (Å²) in [5.41, 5.74) is 5.55. The van der Waals surface area contributed by atoms with E-state index in [0.717, 1.165) is 12.3 Å².